The zero-order valence-electron chi connectivity index (χ0n) is 61.7. The molecular weight excluding hydrogens is 1560 g/mol. The maximum atomic E-state index is 14.3. The van der Waals surface area contributed by atoms with Crippen molar-refractivity contribution in [3.8, 4) is 80.1 Å². The van der Waals surface area contributed by atoms with Crippen LogP contribution in [0.2, 0.25) is 5.02 Å². The summed E-state index contributed by atoms with van der Waals surface area (Å²) >= 11 is 7.36. The van der Waals surface area contributed by atoms with Crippen LogP contribution in [0.15, 0.2) is 145 Å². The van der Waals surface area contributed by atoms with Gasteiger partial charge in [0.1, 0.15) is 107 Å². The molecule has 0 spiro atoms. The zero-order chi connectivity index (χ0) is 83.6. The quantitative estimate of drug-likeness (QED) is 0.0880. The van der Waals surface area contributed by atoms with Crippen LogP contribution in [0.1, 0.15) is 94.2 Å². The molecule has 9 aliphatic rings. The molecule has 3 fully saturated rings. The lowest BCUT2D eigenvalue weighted by Crippen LogP contribution is -2.60. The third-order valence-corrected chi connectivity index (χ3v) is 21.1. The normalized spacial score (nSPS) is 30.5. The van der Waals surface area contributed by atoms with E-state index in [0.29, 0.717) is 5.56 Å². The highest BCUT2D eigenvalue weighted by Crippen LogP contribution is 2.51. The van der Waals surface area contributed by atoms with Gasteiger partial charge in [-0.2, -0.15) is 0 Å². The molecule has 16 rings (SSSR count). The number of aliphatic hydroxyl groups excluding tert-OH is 15. The first kappa shape index (κ1) is 82.3. The predicted octanol–water partition coefficient (Wildman–Crippen LogP) is 4.56. The number of nitrogens with two attached hydrogens (primary N) is 2. The number of hydrogen-bond donors (Lipinski definition) is 21. The fraction of sp³-hybridized carbons (Fsp3) is 0.372. The number of methoxy groups -OCH3 is 1. The van der Waals surface area contributed by atoms with Crippen molar-refractivity contribution in [2.45, 2.75) is 161 Å². The number of fused-ring (bicyclic) bond motifs is 12. The fourth-order valence-electron chi connectivity index (χ4n) is 14.4. The fourth-order valence-corrected chi connectivity index (χ4v) is 14.6. The molecule has 3 saturated heterocycles. The number of hydrogen-bond acceptors (Lipinski definition) is 32. The van der Waals surface area contributed by atoms with E-state index in [-0.39, 0.29) is 68.0 Å². The number of aromatic hydroxyl groups is 4. The second kappa shape index (κ2) is 33.4. The van der Waals surface area contributed by atoms with Gasteiger partial charge in [0, 0.05) is 47.2 Å². The van der Waals surface area contributed by atoms with E-state index in [4.69, 9.17) is 75.4 Å². The number of esters is 1. The van der Waals surface area contributed by atoms with E-state index in [1.807, 2.05) is 0 Å². The Morgan fingerprint density at radius 2 is 1.09 bits per heavy atom. The van der Waals surface area contributed by atoms with Crippen molar-refractivity contribution in [2.75, 3.05) is 20.3 Å². The van der Waals surface area contributed by atoms with Crippen LogP contribution in [0.5, 0.6) is 69.0 Å². The SMILES string of the molecule is COC(=O)C1N=C(O)C2N=C(O)C(N=C(O)C3N=C(O)C4N=C(O)C(Cc5ccc(cc5)Oc5cc3cc(c5OC3OC(CO)C(O)C(O)C3O)Oc3ccc(cc3Cl)C2OC2CC(N)C(O)C(C)O2)N=C(O)C(N)c2ccc(O)c(c2)Oc2cc4cc(OC3OC(CO)C(O)C(O)C3O)c2C)c2ccc(O)c(c2)-c2c(O)cc(O)cc21. The highest BCUT2D eigenvalue weighted by Gasteiger charge is 2.49. The molecule has 9 aliphatic heterocycles. The van der Waals surface area contributed by atoms with Gasteiger partial charge in [-0.25, -0.2) is 34.7 Å². The smallest absolute Gasteiger partial charge is 0.335 e. The molecule has 22 atom stereocenters. The Labute approximate surface area is 667 Å². The monoisotopic (exact) mass is 1640 g/mol. The molecule has 38 nitrogen and oxygen atoms in total. The molecule has 0 saturated carbocycles. The Balaban J connectivity index is 1.09. The van der Waals surface area contributed by atoms with Crippen molar-refractivity contribution in [1.82, 2.24) is 0 Å². The number of phenols is 4. The number of nitrogens with zero attached hydrogens (tertiary/aromatic N) is 6. The van der Waals surface area contributed by atoms with Crippen molar-refractivity contribution < 1.29 is 149 Å². The summed E-state index contributed by atoms with van der Waals surface area (Å²) in [5.41, 5.74) is 11.0. The summed E-state index contributed by atoms with van der Waals surface area (Å²) in [6, 6.07) is 7.30. The second-order valence-corrected chi connectivity index (χ2v) is 29.0. The van der Waals surface area contributed by atoms with E-state index in [1.54, 1.807) is 0 Å². The molecule has 22 unspecified atom stereocenters. The average molecular weight is 1650 g/mol. The molecule has 0 radical (unpaired) electrons. The standard InChI is InChI=1S/C78H81ClN8O30/c1-27-46-18-33(19-47(27)113-77-66(99)64(97)62(95)51(25-88)114-77)57-73(104)85-58-34-20-49(110-36-9-4-29(5-10-36)14-41(70(101)83-57)82-71(102)55(81)30-6-12-43(92)48(17-30)112-46)69(117-78-67(100)65(98)63(96)52(26-89)115-78)50(21-34)111-45-13-8-32(16-39(45)79)68(116-53-24-40(80)61(94)28(2)109-53)60-75(106)86-59(76(107)108-3)38-22-35(90)23-44(93)54(38)37-15-31(7-11-42(37)91)56(72(103)87-60)84-74(58)105/h4-13,15-23,28,40-41,51-53,55-68,77-78,88-100H,14,24-26,80-81H2,1-3H3,(H,82,102)(H,83,101)(H,84,105)(H,85,104)(H,86,106)(H,87,103). The second-order valence-electron chi connectivity index (χ2n) is 28.6. The van der Waals surface area contributed by atoms with Gasteiger partial charge in [0.05, 0.1) is 37.6 Å². The van der Waals surface area contributed by atoms with Crippen LogP contribution in [0, 0.1) is 6.92 Å². The van der Waals surface area contributed by atoms with Crippen molar-refractivity contribution in [1.29, 1.82) is 0 Å². The predicted molar refractivity (Wildman–Crippen MR) is 408 cm³/mol. The Hall–Kier alpha value is -11.3. The van der Waals surface area contributed by atoms with E-state index in [1.165, 1.54) is 80.6 Å². The third kappa shape index (κ3) is 16.4. The summed E-state index contributed by atoms with van der Waals surface area (Å²) in [5.74, 6) is -14.1. The zero-order valence-corrected chi connectivity index (χ0v) is 62.5. The summed E-state index contributed by atoms with van der Waals surface area (Å²) < 4.78 is 62.4. The van der Waals surface area contributed by atoms with Crippen molar-refractivity contribution in [3.63, 3.8) is 0 Å². The summed E-state index contributed by atoms with van der Waals surface area (Å²) in [7, 11) is 0.949. The van der Waals surface area contributed by atoms with E-state index >= 15 is 0 Å². The molecule has 9 heterocycles. The van der Waals surface area contributed by atoms with Crippen LogP contribution in [-0.4, -0.2) is 257 Å². The Kier molecular flexibility index (Phi) is 23.5. The van der Waals surface area contributed by atoms with Crippen LogP contribution < -0.4 is 35.2 Å². The topological polar surface area (TPSA) is 620 Å². The number of phenolic OH excluding ortho intramolecular Hbond substituents is 4. The van der Waals surface area contributed by atoms with Gasteiger partial charge in [-0.1, -0.05) is 41.9 Å². The molecule has 7 aromatic carbocycles. The van der Waals surface area contributed by atoms with E-state index in [9.17, 15) is 102 Å². The minimum Gasteiger partial charge on any atom is -0.508 e. The van der Waals surface area contributed by atoms with Crippen LogP contribution in [0.4, 0.5) is 0 Å². The Morgan fingerprint density at radius 1 is 0.521 bits per heavy atom. The minimum atomic E-state index is -2.39. The Morgan fingerprint density at radius 3 is 1.74 bits per heavy atom. The van der Waals surface area contributed by atoms with Gasteiger partial charge in [-0.3, -0.25) is 0 Å². The Bertz CT molecular complexity index is 5130. The van der Waals surface area contributed by atoms with Gasteiger partial charge < -0.3 is 156 Å². The third-order valence-electron chi connectivity index (χ3n) is 20.8. The molecule has 0 aliphatic carbocycles. The summed E-state index contributed by atoms with van der Waals surface area (Å²) in [6.07, 6.45) is -25.7. The van der Waals surface area contributed by atoms with Crippen LogP contribution >= 0.6 is 11.6 Å². The van der Waals surface area contributed by atoms with Gasteiger partial charge >= 0.3 is 5.97 Å². The van der Waals surface area contributed by atoms with Crippen LogP contribution in [-0.2, 0) is 34.9 Å². The number of aliphatic hydroxyl groups is 15. The van der Waals surface area contributed by atoms with Crippen molar-refractivity contribution >= 4 is 53.0 Å². The molecule has 7 aromatic rings. The van der Waals surface area contributed by atoms with Gasteiger partial charge in [0.2, 0.25) is 53.7 Å². The molecule has 23 N–H and O–H groups in total. The van der Waals surface area contributed by atoms with Crippen molar-refractivity contribution in [3.05, 3.63) is 165 Å². The van der Waals surface area contributed by atoms with Gasteiger partial charge in [0.15, 0.2) is 59.5 Å². The molecule has 0 amide bonds. The first-order chi connectivity index (χ1) is 55.8. The molecule has 39 heteroatoms. The number of ether oxygens (including phenoxy) is 10. The number of rotatable bonds is 9. The molecule has 117 heavy (non-hydrogen) atoms. The number of halogens is 1. The van der Waals surface area contributed by atoms with E-state index in [0.717, 1.165) is 55.6 Å². The average Bonchev–Trinajstić information content (AvgIpc) is 0.764. The van der Waals surface area contributed by atoms with Gasteiger partial charge in [-0.05, 0) is 126 Å². The summed E-state index contributed by atoms with van der Waals surface area (Å²) in [4.78, 5) is 41.8. The largest absolute Gasteiger partial charge is 0.508 e. The minimum absolute atomic E-state index is 0.0275. The first-order valence-corrected chi connectivity index (χ1v) is 36.7. The van der Waals surface area contributed by atoms with Crippen LogP contribution in [0.25, 0.3) is 11.1 Å². The van der Waals surface area contributed by atoms with Crippen LogP contribution in [0.3, 0.4) is 0 Å². The highest BCUT2D eigenvalue weighted by atomic mass is 35.5. The van der Waals surface area contributed by atoms with E-state index < -0.39 is 258 Å². The lowest BCUT2D eigenvalue weighted by Gasteiger charge is -2.39. The van der Waals surface area contributed by atoms with Crippen molar-refractivity contribution in [2.24, 2.45) is 41.4 Å². The molecule has 0 aromatic heterocycles. The molecule has 620 valence electrons. The summed E-state index contributed by atoms with van der Waals surface area (Å²) in [6.45, 7) is 1.02. The van der Waals surface area contributed by atoms with E-state index in [2.05, 4.69) is 25.0 Å². The molecule has 17 bridgehead atoms. The number of carbonyl (C=O) groups excluding carboxylic acids is 1. The number of aliphatic imine (C=N–C) groups is 6. The highest BCUT2D eigenvalue weighted by molar-refractivity contribution is 6.32. The van der Waals surface area contributed by atoms with Gasteiger partial charge in [-0.15, -0.1) is 0 Å². The maximum Gasteiger partial charge on any atom is 0.335 e. The maximum absolute atomic E-state index is 14.3. The van der Waals surface area contributed by atoms with Gasteiger partial charge in [0.25, 0.3) is 0 Å². The lowest BCUT2D eigenvalue weighted by atomic mass is 9.90. The number of carbonyl (C=O) groups is 1. The first-order valence-electron chi connectivity index (χ1n) is 36.4. The number of benzene rings is 7. The summed E-state index contributed by atoms with van der Waals surface area (Å²) in [5, 5.41) is 223. The molecular formula is C78H81ClN8O30. The lowest BCUT2D eigenvalue weighted by molar-refractivity contribution is -0.277.